The summed E-state index contributed by atoms with van der Waals surface area (Å²) in [6.07, 6.45) is 2.47. The van der Waals surface area contributed by atoms with Crippen LogP contribution in [0, 0.1) is 11.8 Å². The van der Waals surface area contributed by atoms with E-state index in [0.29, 0.717) is 11.8 Å². The molecule has 0 amide bonds. The second kappa shape index (κ2) is 4.88. The zero-order valence-electron chi connectivity index (χ0n) is 12.3. The van der Waals surface area contributed by atoms with Gasteiger partial charge in [-0.15, -0.1) is 0 Å². The Hall–Kier alpha value is -1.80. The predicted molar refractivity (Wildman–Crippen MR) is 84.4 cm³/mol. The maximum Gasteiger partial charge on any atom is 0.123 e. The van der Waals surface area contributed by atoms with Crippen LogP contribution in [0.25, 0.3) is 0 Å². The van der Waals surface area contributed by atoms with Crippen molar-refractivity contribution in [2.24, 2.45) is 17.6 Å². The number of para-hydroxylation sites is 1. The summed E-state index contributed by atoms with van der Waals surface area (Å²) in [5, 5.41) is 0. The largest absolute Gasteiger partial charge is 0.496 e. The number of rotatable bonds is 3. The monoisotopic (exact) mass is 279 g/mol. The molecule has 21 heavy (non-hydrogen) atoms. The van der Waals surface area contributed by atoms with Crippen LogP contribution in [0.1, 0.15) is 35.1 Å². The van der Waals surface area contributed by atoms with Gasteiger partial charge in [-0.1, -0.05) is 42.5 Å². The Balaban J connectivity index is 1.65. The molecule has 0 aromatic heterocycles. The number of nitrogens with two attached hydrogens (primary N) is 1. The van der Waals surface area contributed by atoms with Crippen LogP contribution in [-0.2, 0) is 6.42 Å². The molecule has 108 valence electrons. The van der Waals surface area contributed by atoms with E-state index in [0.717, 1.165) is 17.2 Å². The Morgan fingerprint density at radius 1 is 1.10 bits per heavy atom. The lowest BCUT2D eigenvalue weighted by Gasteiger charge is -2.16. The van der Waals surface area contributed by atoms with E-state index in [1.54, 1.807) is 7.11 Å². The van der Waals surface area contributed by atoms with Crippen molar-refractivity contribution in [3.8, 4) is 5.75 Å². The first-order valence-electron chi connectivity index (χ1n) is 7.77. The van der Waals surface area contributed by atoms with Crippen molar-refractivity contribution in [3.63, 3.8) is 0 Å². The van der Waals surface area contributed by atoms with E-state index in [2.05, 4.69) is 36.4 Å². The SMILES string of the molecule is COc1ccccc1C(N)C1C2CCc3ccccc3C21. The molecule has 0 bridgehead atoms. The molecular weight excluding hydrogens is 258 g/mol. The van der Waals surface area contributed by atoms with Gasteiger partial charge in [0.1, 0.15) is 5.75 Å². The minimum Gasteiger partial charge on any atom is -0.496 e. The first kappa shape index (κ1) is 12.9. The highest BCUT2D eigenvalue weighted by Crippen LogP contribution is 2.64. The molecule has 2 aromatic carbocycles. The molecule has 1 fully saturated rings. The second-order valence-electron chi connectivity index (χ2n) is 6.27. The summed E-state index contributed by atoms with van der Waals surface area (Å²) in [5.41, 5.74) is 10.8. The Morgan fingerprint density at radius 3 is 2.71 bits per heavy atom. The zero-order chi connectivity index (χ0) is 14.4. The first-order valence-corrected chi connectivity index (χ1v) is 7.77. The maximum atomic E-state index is 6.61. The third-order valence-electron chi connectivity index (χ3n) is 5.30. The van der Waals surface area contributed by atoms with Gasteiger partial charge in [0.05, 0.1) is 7.11 Å². The molecule has 0 saturated heterocycles. The van der Waals surface area contributed by atoms with Crippen molar-refractivity contribution >= 4 is 0 Å². The maximum absolute atomic E-state index is 6.61. The molecule has 4 atom stereocenters. The summed E-state index contributed by atoms with van der Waals surface area (Å²) in [4.78, 5) is 0. The van der Waals surface area contributed by atoms with E-state index < -0.39 is 0 Å². The quantitative estimate of drug-likeness (QED) is 0.930. The predicted octanol–water partition coefficient (Wildman–Crippen LogP) is 3.67. The fraction of sp³-hybridized carbons (Fsp3) is 0.368. The van der Waals surface area contributed by atoms with E-state index in [1.165, 1.54) is 24.0 Å². The molecule has 0 aliphatic heterocycles. The van der Waals surface area contributed by atoms with Crippen molar-refractivity contribution in [3.05, 3.63) is 65.2 Å². The molecule has 2 N–H and O–H groups in total. The Bertz CT molecular complexity index is 666. The van der Waals surface area contributed by atoms with Crippen LogP contribution in [0.5, 0.6) is 5.75 Å². The number of fused-ring (bicyclic) bond motifs is 3. The van der Waals surface area contributed by atoms with Gasteiger partial charge in [-0.05, 0) is 47.8 Å². The van der Waals surface area contributed by atoms with Crippen molar-refractivity contribution in [2.75, 3.05) is 7.11 Å². The highest BCUT2D eigenvalue weighted by molar-refractivity contribution is 5.43. The summed E-state index contributed by atoms with van der Waals surface area (Å²) in [6.45, 7) is 0. The second-order valence-corrected chi connectivity index (χ2v) is 6.27. The minimum absolute atomic E-state index is 0.0716. The third-order valence-corrected chi connectivity index (χ3v) is 5.30. The van der Waals surface area contributed by atoms with Gasteiger partial charge in [0, 0.05) is 11.6 Å². The van der Waals surface area contributed by atoms with E-state index in [-0.39, 0.29) is 6.04 Å². The van der Waals surface area contributed by atoms with Crippen LogP contribution in [0.15, 0.2) is 48.5 Å². The fourth-order valence-corrected chi connectivity index (χ4v) is 4.26. The Kier molecular flexibility index (Phi) is 3.00. The van der Waals surface area contributed by atoms with Crippen LogP contribution in [0.3, 0.4) is 0 Å². The average molecular weight is 279 g/mol. The lowest BCUT2D eigenvalue weighted by molar-refractivity contribution is 0.401. The molecule has 2 aliphatic carbocycles. The molecule has 2 aliphatic rings. The van der Waals surface area contributed by atoms with E-state index in [4.69, 9.17) is 10.5 Å². The molecule has 2 heteroatoms. The van der Waals surface area contributed by atoms with Gasteiger partial charge in [-0.3, -0.25) is 0 Å². The number of methoxy groups -OCH3 is 1. The topological polar surface area (TPSA) is 35.2 Å². The van der Waals surface area contributed by atoms with Crippen LogP contribution in [0.2, 0.25) is 0 Å². The molecule has 2 nitrogen and oxygen atoms in total. The molecule has 4 unspecified atom stereocenters. The average Bonchev–Trinajstić information content (AvgIpc) is 3.29. The van der Waals surface area contributed by atoms with Crippen molar-refractivity contribution in [1.82, 2.24) is 0 Å². The lowest BCUT2D eigenvalue weighted by Crippen LogP contribution is -2.15. The highest BCUT2D eigenvalue weighted by atomic mass is 16.5. The van der Waals surface area contributed by atoms with E-state index in [1.807, 2.05) is 12.1 Å². The standard InChI is InChI=1S/C19H21NO/c1-21-16-9-5-4-8-14(16)19(20)18-15-11-10-12-6-2-3-7-13(12)17(15)18/h2-9,15,17-19H,10-11,20H2,1H3. The molecule has 1 saturated carbocycles. The third kappa shape index (κ3) is 1.97. The van der Waals surface area contributed by atoms with Gasteiger partial charge in [0.2, 0.25) is 0 Å². The van der Waals surface area contributed by atoms with Gasteiger partial charge in [0.15, 0.2) is 0 Å². The summed E-state index contributed by atoms with van der Waals surface area (Å²) in [7, 11) is 1.72. The van der Waals surface area contributed by atoms with Gasteiger partial charge in [0.25, 0.3) is 0 Å². The first-order chi connectivity index (χ1) is 10.3. The van der Waals surface area contributed by atoms with Crippen LogP contribution >= 0.6 is 0 Å². The van der Waals surface area contributed by atoms with E-state index >= 15 is 0 Å². The minimum atomic E-state index is 0.0716. The van der Waals surface area contributed by atoms with Gasteiger partial charge >= 0.3 is 0 Å². The Morgan fingerprint density at radius 2 is 1.86 bits per heavy atom. The summed E-state index contributed by atoms with van der Waals surface area (Å²) >= 11 is 0. The summed E-state index contributed by atoms with van der Waals surface area (Å²) < 4.78 is 5.49. The number of aryl methyl sites for hydroxylation is 1. The number of benzene rings is 2. The normalized spacial score (nSPS) is 27.4. The zero-order valence-corrected chi connectivity index (χ0v) is 12.3. The number of ether oxygens (including phenoxy) is 1. The Labute approximate surface area is 125 Å². The van der Waals surface area contributed by atoms with Crippen molar-refractivity contribution in [2.45, 2.75) is 24.8 Å². The van der Waals surface area contributed by atoms with Crippen LogP contribution in [-0.4, -0.2) is 7.11 Å². The van der Waals surface area contributed by atoms with Crippen molar-refractivity contribution in [1.29, 1.82) is 0 Å². The lowest BCUT2D eigenvalue weighted by atomic mass is 9.92. The fourth-order valence-electron chi connectivity index (χ4n) is 4.26. The van der Waals surface area contributed by atoms with Crippen molar-refractivity contribution < 1.29 is 4.74 Å². The van der Waals surface area contributed by atoms with E-state index in [9.17, 15) is 0 Å². The molecule has 0 heterocycles. The van der Waals surface area contributed by atoms with Crippen LogP contribution < -0.4 is 10.5 Å². The smallest absolute Gasteiger partial charge is 0.123 e. The highest BCUT2D eigenvalue weighted by Gasteiger charge is 2.55. The molecule has 0 radical (unpaired) electrons. The number of hydrogen-bond donors (Lipinski definition) is 1. The van der Waals surface area contributed by atoms with Gasteiger partial charge in [-0.2, -0.15) is 0 Å². The molecule has 4 rings (SSSR count). The molecule has 2 aromatic rings. The summed E-state index contributed by atoms with van der Waals surface area (Å²) in [5.74, 6) is 2.88. The van der Waals surface area contributed by atoms with Crippen LogP contribution in [0.4, 0.5) is 0 Å². The number of hydrogen-bond acceptors (Lipinski definition) is 2. The summed E-state index contributed by atoms with van der Waals surface area (Å²) in [6, 6.07) is 17.1. The van der Waals surface area contributed by atoms with Gasteiger partial charge < -0.3 is 10.5 Å². The van der Waals surface area contributed by atoms with Gasteiger partial charge in [-0.25, -0.2) is 0 Å². The molecule has 0 spiro atoms. The molecular formula is C19H21NO.